The van der Waals surface area contributed by atoms with Crippen LogP contribution in [0.3, 0.4) is 0 Å². The zero-order chi connectivity index (χ0) is 14.4. The molecule has 0 heterocycles. The lowest BCUT2D eigenvalue weighted by molar-refractivity contribution is 0.174. The van der Waals surface area contributed by atoms with E-state index in [1.807, 2.05) is 24.1 Å². The molecule has 0 aromatic heterocycles. The third kappa shape index (κ3) is 4.51. The standard InChI is InChI=1S/C16H23BrN2O/c1-19(15-5-3-2-4-6-15)16(20)18-12-11-13-7-9-14(17)10-8-13/h7-10,15H,2-6,11-12H2,1H3,(H,18,20). The van der Waals surface area contributed by atoms with Crippen molar-refractivity contribution in [3.63, 3.8) is 0 Å². The maximum Gasteiger partial charge on any atom is 0.317 e. The van der Waals surface area contributed by atoms with Crippen molar-refractivity contribution in [2.24, 2.45) is 0 Å². The molecule has 1 N–H and O–H groups in total. The van der Waals surface area contributed by atoms with Crippen LogP contribution in [0.1, 0.15) is 37.7 Å². The first-order valence-corrected chi connectivity index (χ1v) is 8.21. The average Bonchev–Trinajstić information content (AvgIpc) is 2.49. The lowest BCUT2D eigenvalue weighted by Crippen LogP contribution is -2.44. The Labute approximate surface area is 129 Å². The van der Waals surface area contributed by atoms with E-state index in [2.05, 4.69) is 33.4 Å². The van der Waals surface area contributed by atoms with E-state index in [4.69, 9.17) is 0 Å². The minimum Gasteiger partial charge on any atom is -0.338 e. The van der Waals surface area contributed by atoms with Crippen LogP contribution in [-0.4, -0.2) is 30.6 Å². The minimum atomic E-state index is 0.0639. The van der Waals surface area contributed by atoms with Crippen LogP contribution in [0.25, 0.3) is 0 Å². The van der Waals surface area contributed by atoms with Crippen molar-refractivity contribution in [3.05, 3.63) is 34.3 Å². The van der Waals surface area contributed by atoms with Crippen LogP contribution >= 0.6 is 15.9 Å². The predicted octanol–water partition coefficient (Wildman–Crippen LogP) is 3.97. The monoisotopic (exact) mass is 338 g/mol. The minimum absolute atomic E-state index is 0.0639. The lowest BCUT2D eigenvalue weighted by atomic mass is 9.95. The first-order valence-electron chi connectivity index (χ1n) is 7.42. The Kier molecular flexibility index (Phi) is 5.89. The highest BCUT2D eigenvalue weighted by molar-refractivity contribution is 9.10. The number of nitrogens with one attached hydrogen (secondary N) is 1. The van der Waals surface area contributed by atoms with Crippen LogP contribution in [0.2, 0.25) is 0 Å². The Morgan fingerprint density at radius 1 is 1.25 bits per heavy atom. The molecule has 110 valence electrons. The van der Waals surface area contributed by atoms with E-state index in [0.717, 1.165) is 23.7 Å². The van der Waals surface area contributed by atoms with Crippen LogP contribution in [0, 0.1) is 0 Å². The smallest absolute Gasteiger partial charge is 0.317 e. The van der Waals surface area contributed by atoms with Gasteiger partial charge in [0.15, 0.2) is 0 Å². The third-order valence-corrected chi connectivity index (χ3v) is 4.57. The molecule has 0 unspecified atom stereocenters. The van der Waals surface area contributed by atoms with Crippen molar-refractivity contribution in [1.82, 2.24) is 10.2 Å². The first kappa shape index (κ1) is 15.4. The number of urea groups is 1. The molecule has 0 spiro atoms. The van der Waals surface area contributed by atoms with Gasteiger partial charge in [0.2, 0.25) is 0 Å². The molecular weight excluding hydrogens is 316 g/mol. The summed E-state index contributed by atoms with van der Waals surface area (Å²) in [5.74, 6) is 0. The van der Waals surface area contributed by atoms with Crippen molar-refractivity contribution in [2.45, 2.75) is 44.6 Å². The van der Waals surface area contributed by atoms with Crippen molar-refractivity contribution >= 4 is 22.0 Å². The quantitative estimate of drug-likeness (QED) is 0.885. The van der Waals surface area contributed by atoms with E-state index < -0.39 is 0 Å². The van der Waals surface area contributed by atoms with Crippen molar-refractivity contribution in [1.29, 1.82) is 0 Å². The number of benzene rings is 1. The fourth-order valence-electron chi connectivity index (χ4n) is 2.72. The van der Waals surface area contributed by atoms with E-state index in [-0.39, 0.29) is 6.03 Å². The summed E-state index contributed by atoms with van der Waals surface area (Å²) >= 11 is 3.42. The molecule has 1 fully saturated rings. The van der Waals surface area contributed by atoms with E-state index >= 15 is 0 Å². The normalized spacial score (nSPS) is 15.9. The number of carbonyl (C=O) groups excluding carboxylic acids is 1. The second kappa shape index (κ2) is 7.67. The summed E-state index contributed by atoms with van der Waals surface area (Å²) < 4.78 is 1.09. The van der Waals surface area contributed by atoms with Gasteiger partial charge in [-0.15, -0.1) is 0 Å². The van der Waals surface area contributed by atoms with Gasteiger partial charge in [0, 0.05) is 24.1 Å². The van der Waals surface area contributed by atoms with Gasteiger partial charge < -0.3 is 10.2 Å². The zero-order valence-electron chi connectivity index (χ0n) is 12.1. The van der Waals surface area contributed by atoms with Crippen LogP contribution in [0.4, 0.5) is 4.79 Å². The van der Waals surface area contributed by atoms with E-state index in [9.17, 15) is 4.79 Å². The van der Waals surface area contributed by atoms with Gasteiger partial charge in [0.25, 0.3) is 0 Å². The van der Waals surface area contributed by atoms with Crippen LogP contribution in [0.15, 0.2) is 28.7 Å². The highest BCUT2D eigenvalue weighted by Crippen LogP contribution is 2.21. The molecule has 2 rings (SSSR count). The Hall–Kier alpha value is -1.03. The molecule has 0 bridgehead atoms. The number of halogens is 1. The van der Waals surface area contributed by atoms with Crippen molar-refractivity contribution in [3.8, 4) is 0 Å². The molecule has 0 aliphatic heterocycles. The Balaban J connectivity index is 1.72. The van der Waals surface area contributed by atoms with Gasteiger partial charge in [-0.1, -0.05) is 47.3 Å². The number of rotatable bonds is 4. The van der Waals surface area contributed by atoms with Crippen molar-refractivity contribution < 1.29 is 4.79 Å². The largest absolute Gasteiger partial charge is 0.338 e. The molecular formula is C16H23BrN2O. The SMILES string of the molecule is CN(C(=O)NCCc1ccc(Br)cc1)C1CCCCC1. The van der Waals surface area contributed by atoms with Gasteiger partial charge in [-0.25, -0.2) is 4.79 Å². The number of hydrogen-bond donors (Lipinski definition) is 1. The Bertz CT molecular complexity index is 427. The maximum atomic E-state index is 12.1. The van der Waals surface area contributed by atoms with E-state index in [1.54, 1.807) is 0 Å². The molecule has 1 aliphatic rings. The average molecular weight is 339 g/mol. The molecule has 2 amide bonds. The number of hydrogen-bond acceptors (Lipinski definition) is 1. The molecule has 20 heavy (non-hydrogen) atoms. The van der Waals surface area contributed by atoms with Gasteiger partial charge in [0.05, 0.1) is 0 Å². The molecule has 0 radical (unpaired) electrons. The third-order valence-electron chi connectivity index (χ3n) is 4.05. The van der Waals surface area contributed by atoms with Gasteiger partial charge in [-0.3, -0.25) is 0 Å². The molecule has 1 aliphatic carbocycles. The van der Waals surface area contributed by atoms with Crippen LogP contribution in [0.5, 0.6) is 0 Å². The molecule has 1 saturated carbocycles. The second-order valence-corrected chi connectivity index (χ2v) is 6.43. The fraction of sp³-hybridized carbons (Fsp3) is 0.562. The maximum absolute atomic E-state index is 12.1. The lowest BCUT2D eigenvalue weighted by Gasteiger charge is -2.31. The summed E-state index contributed by atoms with van der Waals surface area (Å²) in [6, 6.07) is 8.73. The van der Waals surface area contributed by atoms with Crippen LogP contribution < -0.4 is 5.32 Å². The topological polar surface area (TPSA) is 32.3 Å². The summed E-state index contributed by atoms with van der Waals surface area (Å²) in [4.78, 5) is 14.0. The molecule has 1 aromatic rings. The predicted molar refractivity (Wildman–Crippen MR) is 85.9 cm³/mol. The van der Waals surface area contributed by atoms with Crippen molar-refractivity contribution in [2.75, 3.05) is 13.6 Å². The molecule has 4 heteroatoms. The highest BCUT2D eigenvalue weighted by Gasteiger charge is 2.21. The number of nitrogens with zero attached hydrogens (tertiary/aromatic N) is 1. The summed E-state index contributed by atoms with van der Waals surface area (Å²) in [5.41, 5.74) is 1.24. The van der Waals surface area contributed by atoms with E-state index in [1.165, 1.54) is 24.8 Å². The van der Waals surface area contributed by atoms with Gasteiger partial charge in [-0.2, -0.15) is 0 Å². The van der Waals surface area contributed by atoms with Gasteiger partial charge >= 0.3 is 6.03 Å². The Morgan fingerprint density at radius 3 is 2.55 bits per heavy atom. The number of carbonyl (C=O) groups is 1. The van der Waals surface area contributed by atoms with E-state index in [0.29, 0.717) is 12.6 Å². The second-order valence-electron chi connectivity index (χ2n) is 5.51. The summed E-state index contributed by atoms with van der Waals surface area (Å²) in [6.45, 7) is 0.692. The summed E-state index contributed by atoms with van der Waals surface area (Å²) in [6.07, 6.45) is 6.99. The zero-order valence-corrected chi connectivity index (χ0v) is 13.7. The summed E-state index contributed by atoms with van der Waals surface area (Å²) in [5, 5.41) is 3.02. The van der Waals surface area contributed by atoms with Gasteiger partial charge in [-0.05, 0) is 37.0 Å². The first-order chi connectivity index (χ1) is 9.66. The highest BCUT2D eigenvalue weighted by atomic mass is 79.9. The molecule has 1 aromatic carbocycles. The molecule has 3 nitrogen and oxygen atoms in total. The molecule has 0 atom stereocenters. The van der Waals surface area contributed by atoms with Gasteiger partial charge in [0.1, 0.15) is 0 Å². The fourth-order valence-corrected chi connectivity index (χ4v) is 2.99. The van der Waals surface area contributed by atoms with Crippen LogP contribution in [-0.2, 0) is 6.42 Å². The summed E-state index contributed by atoms with van der Waals surface area (Å²) in [7, 11) is 1.92. The number of amides is 2. The molecule has 0 saturated heterocycles. The Morgan fingerprint density at radius 2 is 1.90 bits per heavy atom.